The van der Waals surface area contributed by atoms with Gasteiger partial charge in [0.15, 0.2) is 16.3 Å². The van der Waals surface area contributed by atoms with E-state index in [-0.39, 0.29) is 11.2 Å². The molecule has 2 aromatic rings. The maximum atomic E-state index is 12.2. The van der Waals surface area contributed by atoms with Gasteiger partial charge in [-0.3, -0.25) is 13.9 Å². The first-order valence-electron chi connectivity index (χ1n) is 5.92. The molecule has 0 aromatic carbocycles. The lowest BCUT2D eigenvalue weighted by atomic mass is 10.5. The van der Waals surface area contributed by atoms with Crippen LogP contribution in [0.3, 0.4) is 0 Å². The third kappa shape index (κ3) is 2.03. The Kier molecular flexibility index (Phi) is 3.66. The van der Waals surface area contributed by atoms with Crippen LogP contribution in [0.25, 0.3) is 11.2 Å². The lowest BCUT2D eigenvalue weighted by molar-refractivity contribution is 0.684. The van der Waals surface area contributed by atoms with Gasteiger partial charge in [-0.1, -0.05) is 17.8 Å². The van der Waals surface area contributed by atoms with E-state index in [9.17, 15) is 9.59 Å². The summed E-state index contributed by atoms with van der Waals surface area (Å²) < 4.78 is 4.35. The minimum absolute atomic E-state index is 0.307. The second kappa shape index (κ2) is 5.08. The summed E-state index contributed by atoms with van der Waals surface area (Å²) in [5.74, 6) is 0.706. The molecule has 2 rings (SSSR count). The lowest BCUT2D eigenvalue weighted by Gasteiger charge is -2.05. The molecule has 0 N–H and O–H groups in total. The monoisotopic (exact) mass is 280 g/mol. The highest BCUT2D eigenvalue weighted by Crippen LogP contribution is 2.21. The van der Waals surface area contributed by atoms with Crippen LogP contribution >= 0.6 is 11.8 Å². The molecule has 0 aliphatic heterocycles. The highest BCUT2D eigenvalue weighted by atomic mass is 32.2. The summed E-state index contributed by atoms with van der Waals surface area (Å²) in [6.07, 6.45) is 1.78. The van der Waals surface area contributed by atoms with Crippen molar-refractivity contribution in [3.05, 3.63) is 33.5 Å². The summed E-state index contributed by atoms with van der Waals surface area (Å²) in [4.78, 5) is 28.5. The van der Waals surface area contributed by atoms with Crippen molar-refractivity contribution in [2.24, 2.45) is 14.1 Å². The van der Waals surface area contributed by atoms with Crippen molar-refractivity contribution in [2.75, 3.05) is 5.75 Å². The molecule has 0 spiro atoms. The van der Waals surface area contributed by atoms with E-state index in [1.54, 1.807) is 13.1 Å². The molecule has 102 valence electrons. The molecule has 7 heteroatoms. The smallest absolute Gasteiger partial charge is 0.313 e. The Morgan fingerprint density at radius 2 is 2.00 bits per heavy atom. The van der Waals surface area contributed by atoms with Gasteiger partial charge in [0.25, 0.3) is 5.56 Å². The Morgan fingerprint density at radius 1 is 1.32 bits per heavy atom. The van der Waals surface area contributed by atoms with Gasteiger partial charge in [0.2, 0.25) is 0 Å². The zero-order valence-electron chi connectivity index (χ0n) is 11.2. The average Bonchev–Trinajstić information content (AvgIpc) is 2.79. The van der Waals surface area contributed by atoms with Crippen molar-refractivity contribution < 1.29 is 0 Å². The molecule has 0 fully saturated rings. The lowest BCUT2D eigenvalue weighted by Crippen LogP contribution is -2.37. The van der Waals surface area contributed by atoms with Crippen LogP contribution in [0, 0.1) is 0 Å². The van der Waals surface area contributed by atoms with Crippen LogP contribution in [-0.2, 0) is 20.6 Å². The van der Waals surface area contributed by atoms with Crippen molar-refractivity contribution in [3.8, 4) is 0 Å². The largest absolute Gasteiger partial charge is 0.332 e. The number of rotatable bonds is 4. The Labute approximate surface area is 114 Å². The second-order valence-corrected chi connectivity index (χ2v) is 5.10. The van der Waals surface area contributed by atoms with Crippen LogP contribution in [0.5, 0.6) is 0 Å². The molecule has 0 saturated carbocycles. The van der Waals surface area contributed by atoms with E-state index in [1.807, 2.05) is 11.5 Å². The first kappa shape index (κ1) is 13.7. The number of aromatic nitrogens is 4. The number of hydrogen-bond donors (Lipinski definition) is 0. The number of thioether (sulfide) groups is 1. The van der Waals surface area contributed by atoms with Crippen LogP contribution in [0.4, 0.5) is 0 Å². The summed E-state index contributed by atoms with van der Waals surface area (Å²) in [5.41, 5.74) is 0.233. The minimum atomic E-state index is -0.362. The molecule has 6 nitrogen and oxygen atoms in total. The fraction of sp³-hybridized carbons (Fsp3) is 0.417. The quantitative estimate of drug-likeness (QED) is 0.612. The molecule has 0 radical (unpaired) electrons. The van der Waals surface area contributed by atoms with E-state index in [1.165, 1.54) is 23.4 Å². The molecular formula is C12H16N4O2S. The summed E-state index contributed by atoms with van der Waals surface area (Å²) >= 11 is 1.50. The number of fused-ring (bicyclic) bond motifs is 1. The molecule has 0 amide bonds. The Hall–Kier alpha value is -1.76. The van der Waals surface area contributed by atoms with Crippen molar-refractivity contribution in [1.82, 2.24) is 18.7 Å². The maximum absolute atomic E-state index is 12.2. The predicted octanol–water partition coefficient (Wildman–Crippen LogP) is 0.732. The minimum Gasteiger partial charge on any atom is -0.313 e. The van der Waals surface area contributed by atoms with Crippen LogP contribution in [0.2, 0.25) is 0 Å². The molecule has 0 saturated heterocycles. The number of nitrogens with zero attached hydrogens (tertiary/aromatic N) is 4. The van der Waals surface area contributed by atoms with Crippen molar-refractivity contribution in [3.63, 3.8) is 0 Å². The zero-order chi connectivity index (χ0) is 14.2. The van der Waals surface area contributed by atoms with Crippen LogP contribution in [-0.4, -0.2) is 24.4 Å². The van der Waals surface area contributed by atoms with Gasteiger partial charge in [0.05, 0.1) is 0 Å². The number of aryl methyl sites for hydroxylation is 2. The predicted molar refractivity (Wildman–Crippen MR) is 76.8 cm³/mol. The topological polar surface area (TPSA) is 61.8 Å². The summed E-state index contributed by atoms with van der Waals surface area (Å²) in [6, 6.07) is 0. The third-order valence-corrected chi connectivity index (χ3v) is 3.93. The summed E-state index contributed by atoms with van der Waals surface area (Å²) in [5, 5.41) is 0.732. The van der Waals surface area contributed by atoms with E-state index in [2.05, 4.69) is 11.6 Å². The van der Waals surface area contributed by atoms with E-state index < -0.39 is 0 Å². The molecule has 0 bridgehead atoms. The molecule has 0 unspecified atom stereocenters. The summed E-state index contributed by atoms with van der Waals surface area (Å²) in [6.45, 7) is 6.25. The van der Waals surface area contributed by atoms with Crippen molar-refractivity contribution in [2.45, 2.75) is 18.6 Å². The molecule has 0 aliphatic carbocycles. The van der Waals surface area contributed by atoms with Crippen molar-refractivity contribution in [1.29, 1.82) is 0 Å². The Balaban J connectivity index is 2.87. The van der Waals surface area contributed by atoms with Gasteiger partial charge in [-0.05, 0) is 6.92 Å². The average molecular weight is 280 g/mol. The number of hydrogen-bond acceptors (Lipinski definition) is 4. The van der Waals surface area contributed by atoms with Gasteiger partial charge in [-0.25, -0.2) is 9.78 Å². The third-order valence-electron chi connectivity index (χ3n) is 2.96. The highest BCUT2D eigenvalue weighted by molar-refractivity contribution is 7.99. The summed E-state index contributed by atoms with van der Waals surface area (Å²) in [7, 11) is 3.10. The standard InChI is InChI=1S/C12H16N4O2S/c1-5-7-19-11-13-9-8(16(11)6-2)10(17)15(4)12(18)14(9)3/h5H,1,6-7H2,2-4H3. The second-order valence-electron chi connectivity index (χ2n) is 4.12. The first-order valence-corrected chi connectivity index (χ1v) is 6.91. The molecule has 0 atom stereocenters. The fourth-order valence-corrected chi connectivity index (χ4v) is 2.76. The van der Waals surface area contributed by atoms with E-state index in [0.717, 1.165) is 9.72 Å². The Morgan fingerprint density at radius 3 is 2.58 bits per heavy atom. The van der Waals surface area contributed by atoms with E-state index >= 15 is 0 Å². The number of imidazole rings is 1. The fourth-order valence-electron chi connectivity index (χ4n) is 1.96. The first-order chi connectivity index (χ1) is 9.02. The molecule has 2 heterocycles. The highest BCUT2D eigenvalue weighted by Gasteiger charge is 2.17. The van der Waals surface area contributed by atoms with Gasteiger partial charge < -0.3 is 4.57 Å². The van der Waals surface area contributed by atoms with Gasteiger partial charge in [0.1, 0.15) is 0 Å². The molecule has 2 aromatic heterocycles. The molecule has 0 aliphatic rings. The Bertz CT molecular complexity index is 754. The van der Waals surface area contributed by atoms with E-state index in [0.29, 0.717) is 23.5 Å². The zero-order valence-corrected chi connectivity index (χ0v) is 12.0. The SMILES string of the molecule is C=CCSc1nc2c(c(=O)n(C)c(=O)n2C)n1CC. The molecular weight excluding hydrogens is 264 g/mol. The van der Waals surface area contributed by atoms with Gasteiger partial charge in [-0.15, -0.1) is 6.58 Å². The normalized spacial score (nSPS) is 11.1. The molecule has 19 heavy (non-hydrogen) atoms. The van der Waals surface area contributed by atoms with Crippen LogP contribution < -0.4 is 11.2 Å². The van der Waals surface area contributed by atoms with Gasteiger partial charge >= 0.3 is 5.69 Å². The van der Waals surface area contributed by atoms with Gasteiger partial charge in [0, 0.05) is 26.4 Å². The van der Waals surface area contributed by atoms with Gasteiger partial charge in [-0.2, -0.15) is 0 Å². The van der Waals surface area contributed by atoms with Crippen molar-refractivity contribution >= 4 is 22.9 Å². The maximum Gasteiger partial charge on any atom is 0.332 e. The van der Waals surface area contributed by atoms with E-state index in [4.69, 9.17) is 0 Å². The van der Waals surface area contributed by atoms with Crippen LogP contribution in [0.1, 0.15) is 6.92 Å². The van der Waals surface area contributed by atoms with Crippen LogP contribution in [0.15, 0.2) is 27.4 Å².